The predicted molar refractivity (Wildman–Crippen MR) is 115 cm³/mol. The molecule has 164 valence electrons. The Hall–Kier alpha value is -1.06. The van der Waals surface area contributed by atoms with Gasteiger partial charge < -0.3 is 15.3 Å². The number of carbonyl (C=O) groups excluding carboxylic acids is 1. The highest BCUT2D eigenvalue weighted by Crippen LogP contribution is 2.24. The van der Waals surface area contributed by atoms with Gasteiger partial charge in [-0.25, -0.2) is 17.9 Å². The van der Waals surface area contributed by atoms with Crippen LogP contribution in [0.4, 0.5) is 4.79 Å². The lowest BCUT2D eigenvalue weighted by Gasteiger charge is -2.28. The zero-order valence-electron chi connectivity index (χ0n) is 16.4. The van der Waals surface area contributed by atoms with E-state index in [9.17, 15) is 18.3 Å². The normalized spacial score (nSPS) is 15.3. The van der Waals surface area contributed by atoms with E-state index >= 15 is 0 Å². The Bertz CT molecular complexity index is 771. The molecule has 2 amide bonds. The van der Waals surface area contributed by atoms with Crippen LogP contribution in [-0.4, -0.2) is 56.7 Å². The summed E-state index contributed by atoms with van der Waals surface area (Å²) < 4.78 is 27.2. The molecule has 1 aliphatic carbocycles. The lowest BCUT2D eigenvalue weighted by Crippen LogP contribution is -2.46. The third kappa shape index (κ3) is 7.94. The molecule has 1 fully saturated rings. The quantitative estimate of drug-likeness (QED) is 0.461. The van der Waals surface area contributed by atoms with E-state index in [1.54, 1.807) is 4.90 Å². The summed E-state index contributed by atoms with van der Waals surface area (Å²) in [7, 11) is -3.73. The van der Waals surface area contributed by atoms with Crippen molar-refractivity contribution in [1.29, 1.82) is 0 Å². The Morgan fingerprint density at radius 2 is 1.86 bits per heavy atom. The highest BCUT2D eigenvalue weighted by atomic mass is 35.5. The number of nitrogens with zero attached hydrogens (tertiary/aromatic N) is 1. The summed E-state index contributed by atoms with van der Waals surface area (Å²) >= 11 is 11.8. The van der Waals surface area contributed by atoms with Gasteiger partial charge in [0.2, 0.25) is 10.0 Å². The summed E-state index contributed by atoms with van der Waals surface area (Å²) in [6.07, 6.45) is 6.61. The van der Waals surface area contributed by atoms with E-state index in [0.717, 1.165) is 25.7 Å². The van der Waals surface area contributed by atoms with Gasteiger partial charge in [0.15, 0.2) is 0 Å². The van der Waals surface area contributed by atoms with Crippen molar-refractivity contribution >= 4 is 39.3 Å². The smallest absolute Gasteiger partial charge is 0.317 e. The number of hydrogen-bond acceptors (Lipinski definition) is 4. The van der Waals surface area contributed by atoms with Crippen LogP contribution in [0.25, 0.3) is 0 Å². The van der Waals surface area contributed by atoms with E-state index in [4.69, 9.17) is 23.2 Å². The number of rotatable bonds is 10. The predicted octanol–water partition coefficient (Wildman–Crippen LogP) is 3.39. The summed E-state index contributed by atoms with van der Waals surface area (Å²) in [5.41, 5.74) is 0. The minimum absolute atomic E-state index is 0.0164. The molecule has 1 aromatic carbocycles. The number of unbranched alkanes of at least 4 members (excludes halogenated alkanes) is 1. The molecule has 1 aromatic rings. The van der Waals surface area contributed by atoms with E-state index < -0.39 is 10.0 Å². The Morgan fingerprint density at radius 3 is 2.52 bits per heavy atom. The first-order valence-electron chi connectivity index (χ1n) is 9.94. The van der Waals surface area contributed by atoms with Crippen LogP contribution >= 0.6 is 23.2 Å². The van der Waals surface area contributed by atoms with Crippen LogP contribution in [0, 0.1) is 0 Å². The van der Waals surface area contributed by atoms with Gasteiger partial charge in [0.25, 0.3) is 0 Å². The number of aliphatic hydroxyl groups excluding tert-OH is 1. The average molecular weight is 466 g/mol. The Labute approximate surface area is 182 Å². The summed E-state index contributed by atoms with van der Waals surface area (Å²) in [4.78, 5) is 14.0. The molecule has 0 radical (unpaired) electrons. The van der Waals surface area contributed by atoms with Crippen molar-refractivity contribution in [3.05, 3.63) is 28.2 Å². The number of halogens is 2. The molecule has 7 nitrogen and oxygen atoms in total. The number of urea groups is 1. The van der Waals surface area contributed by atoms with Crippen molar-refractivity contribution in [1.82, 2.24) is 14.9 Å². The Kier molecular flexibility index (Phi) is 9.98. The summed E-state index contributed by atoms with van der Waals surface area (Å²) in [5.74, 6) is 0. The van der Waals surface area contributed by atoms with Crippen LogP contribution in [0.3, 0.4) is 0 Å². The van der Waals surface area contributed by atoms with Crippen LogP contribution in [0.15, 0.2) is 23.1 Å². The second kappa shape index (κ2) is 12.0. The lowest BCUT2D eigenvalue weighted by atomic mass is 9.96. The molecule has 1 saturated carbocycles. The monoisotopic (exact) mass is 465 g/mol. The maximum absolute atomic E-state index is 12.4. The van der Waals surface area contributed by atoms with Gasteiger partial charge in [0.1, 0.15) is 4.90 Å². The van der Waals surface area contributed by atoms with Gasteiger partial charge in [-0.15, -0.1) is 0 Å². The zero-order valence-corrected chi connectivity index (χ0v) is 18.7. The van der Waals surface area contributed by atoms with Crippen molar-refractivity contribution in [3.63, 3.8) is 0 Å². The van der Waals surface area contributed by atoms with Crippen molar-refractivity contribution in [2.45, 2.75) is 55.9 Å². The fraction of sp³-hybridized carbons (Fsp3) is 0.632. The Balaban J connectivity index is 1.76. The van der Waals surface area contributed by atoms with Crippen molar-refractivity contribution < 1.29 is 18.3 Å². The number of nitrogens with one attached hydrogen (secondary N) is 2. The van der Waals surface area contributed by atoms with Crippen molar-refractivity contribution in [2.24, 2.45) is 0 Å². The summed E-state index contributed by atoms with van der Waals surface area (Å²) in [6.45, 7) is 0.811. The number of amides is 2. The molecule has 0 heterocycles. The first-order chi connectivity index (χ1) is 13.8. The molecule has 1 aliphatic rings. The van der Waals surface area contributed by atoms with Crippen molar-refractivity contribution in [3.8, 4) is 0 Å². The number of sulfonamides is 1. The van der Waals surface area contributed by atoms with Gasteiger partial charge in [-0.05, 0) is 43.9 Å². The molecule has 0 aliphatic heterocycles. The molecular weight excluding hydrogens is 437 g/mol. The SMILES string of the molecule is O=C(NC1CCCCC1)N(CCO)CCCCNS(=O)(=O)c1ccc(Cl)cc1Cl. The first kappa shape index (κ1) is 24.2. The molecule has 0 spiro atoms. The molecular formula is C19H29Cl2N3O4S. The van der Waals surface area contributed by atoms with Gasteiger partial charge >= 0.3 is 6.03 Å². The van der Waals surface area contributed by atoms with Crippen molar-refractivity contribution in [2.75, 3.05) is 26.2 Å². The topological polar surface area (TPSA) is 98.7 Å². The third-order valence-corrected chi connectivity index (χ3v) is 7.10. The molecule has 2 rings (SSSR count). The second-order valence-corrected chi connectivity index (χ2v) is 9.75. The maximum atomic E-state index is 12.4. The number of aliphatic hydroxyl groups is 1. The molecule has 0 unspecified atom stereocenters. The highest BCUT2D eigenvalue weighted by Gasteiger charge is 2.20. The molecule has 29 heavy (non-hydrogen) atoms. The fourth-order valence-electron chi connectivity index (χ4n) is 3.35. The molecule has 0 bridgehead atoms. The van der Waals surface area contributed by atoms with E-state index in [0.29, 0.717) is 24.4 Å². The van der Waals surface area contributed by atoms with E-state index in [-0.39, 0.29) is 41.7 Å². The Morgan fingerprint density at radius 1 is 1.14 bits per heavy atom. The number of carbonyl (C=O) groups is 1. The van der Waals surface area contributed by atoms with Gasteiger partial charge in [0.05, 0.1) is 11.6 Å². The van der Waals surface area contributed by atoms with Crippen LogP contribution in [0.2, 0.25) is 10.0 Å². The lowest BCUT2D eigenvalue weighted by molar-refractivity contribution is 0.170. The minimum atomic E-state index is -3.73. The molecule has 3 N–H and O–H groups in total. The number of benzene rings is 1. The second-order valence-electron chi connectivity index (χ2n) is 7.17. The van der Waals surface area contributed by atoms with E-state index in [2.05, 4.69) is 10.0 Å². The van der Waals surface area contributed by atoms with E-state index in [1.165, 1.54) is 24.6 Å². The minimum Gasteiger partial charge on any atom is -0.395 e. The maximum Gasteiger partial charge on any atom is 0.317 e. The van der Waals surface area contributed by atoms with Gasteiger partial charge in [-0.2, -0.15) is 0 Å². The van der Waals surface area contributed by atoms with Gasteiger partial charge in [0, 0.05) is 30.7 Å². The summed E-state index contributed by atoms with van der Waals surface area (Å²) in [6, 6.07) is 4.26. The molecule has 10 heteroatoms. The summed E-state index contributed by atoms with van der Waals surface area (Å²) in [5, 5.41) is 12.7. The largest absolute Gasteiger partial charge is 0.395 e. The first-order valence-corrected chi connectivity index (χ1v) is 12.2. The highest BCUT2D eigenvalue weighted by molar-refractivity contribution is 7.89. The molecule has 0 aromatic heterocycles. The van der Waals surface area contributed by atoms with Gasteiger partial charge in [-0.1, -0.05) is 42.5 Å². The van der Waals surface area contributed by atoms with Crippen LogP contribution in [0.5, 0.6) is 0 Å². The van der Waals surface area contributed by atoms with E-state index in [1.807, 2.05) is 0 Å². The fourth-order valence-corrected chi connectivity index (χ4v) is 5.20. The van der Waals surface area contributed by atoms with Gasteiger partial charge in [-0.3, -0.25) is 0 Å². The average Bonchev–Trinajstić information content (AvgIpc) is 2.67. The molecule has 0 atom stereocenters. The van der Waals surface area contributed by atoms with Crippen LogP contribution < -0.4 is 10.0 Å². The molecule has 0 saturated heterocycles. The van der Waals surface area contributed by atoms with Crippen LogP contribution in [-0.2, 0) is 10.0 Å². The van der Waals surface area contributed by atoms with Crippen LogP contribution in [0.1, 0.15) is 44.9 Å². The zero-order chi connectivity index (χ0) is 21.3. The number of hydrogen-bond donors (Lipinski definition) is 3. The standard InChI is InChI=1S/C19H29Cl2N3O4S/c20-15-8-9-18(17(21)14-15)29(27,28)22-10-4-5-11-24(12-13-25)19(26)23-16-6-2-1-3-7-16/h8-9,14,16,22,25H,1-7,10-13H2,(H,23,26). The third-order valence-electron chi connectivity index (χ3n) is 4.92.